The molecule has 0 spiro atoms. The van der Waals surface area contributed by atoms with Gasteiger partial charge in [-0.05, 0) is 36.8 Å². The molecule has 2 aromatic rings. The van der Waals surface area contributed by atoms with Crippen LogP contribution in [0.2, 0.25) is 5.02 Å². The van der Waals surface area contributed by atoms with Crippen molar-refractivity contribution >= 4 is 29.1 Å². The quantitative estimate of drug-likeness (QED) is 0.825. The Labute approximate surface area is 104 Å². The molecule has 1 heterocycles. The van der Waals surface area contributed by atoms with Crippen molar-refractivity contribution < 1.29 is 0 Å². The van der Waals surface area contributed by atoms with Gasteiger partial charge in [0.15, 0.2) is 0 Å². The van der Waals surface area contributed by atoms with Crippen molar-refractivity contribution in [1.82, 2.24) is 4.98 Å². The zero-order valence-corrected chi connectivity index (χ0v) is 10.3. The number of anilines is 1. The Morgan fingerprint density at radius 1 is 1.31 bits per heavy atom. The molecule has 0 atom stereocenters. The summed E-state index contributed by atoms with van der Waals surface area (Å²) >= 11 is 7.65. The molecule has 0 unspecified atom stereocenters. The van der Waals surface area contributed by atoms with Crippen molar-refractivity contribution in [3.8, 4) is 0 Å². The predicted molar refractivity (Wildman–Crippen MR) is 69.0 cm³/mol. The summed E-state index contributed by atoms with van der Waals surface area (Å²) in [4.78, 5) is 5.28. The highest BCUT2D eigenvalue weighted by Crippen LogP contribution is 2.34. The molecule has 0 radical (unpaired) electrons. The van der Waals surface area contributed by atoms with E-state index in [0.29, 0.717) is 10.7 Å². The van der Waals surface area contributed by atoms with Crippen molar-refractivity contribution in [2.45, 2.75) is 16.8 Å². The highest BCUT2D eigenvalue weighted by molar-refractivity contribution is 7.99. The molecule has 0 bridgehead atoms. The summed E-state index contributed by atoms with van der Waals surface area (Å²) in [5.74, 6) is 0. The lowest BCUT2D eigenvalue weighted by Crippen LogP contribution is -1.87. The molecule has 2 nitrogen and oxygen atoms in total. The van der Waals surface area contributed by atoms with Gasteiger partial charge < -0.3 is 5.73 Å². The standard InChI is InChI=1S/C12H11ClN2S/c1-8-3-2-6-15-12(8)16-11-5-4-9(14)7-10(11)13/h2-7H,14H2,1H3. The van der Waals surface area contributed by atoms with Crippen LogP contribution in [0.4, 0.5) is 5.69 Å². The van der Waals surface area contributed by atoms with E-state index in [1.54, 1.807) is 24.0 Å². The second kappa shape index (κ2) is 4.76. The second-order valence-electron chi connectivity index (χ2n) is 3.42. The number of halogens is 1. The molecule has 0 aliphatic rings. The molecule has 2 N–H and O–H groups in total. The minimum atomic E-state index is 0.662. The lowest BCUT2D eigenvalue weighted by molar-refractivity contribution is 1.08. The first-order valence-electron chi connectivity index (χ1n) is 4.81. The van der Waals surface area contributed by atoms with Crippen molar-refractivity contribution in [3.05, 3.63) is 47.1 Å². The van der Waals surface area contributed by atoms with E-state index in [0.717, 1.165) is 15.5 Å². The number of nitrogens with zero attached hydrogens (tertiary/aromatic N) is 1. The van der Waals surface area contributed by atoms with E-state index in [1.165, 1.54) is 0 Å². The third-order valence-electron chi connectivity index (χ3n) is 2.12. The molecule has 1 aromatic heterocycles. The molecule has 0 aliphatic carbocycles. The highest BCUT2D eigenvalue weighted by atomic mass is 35.5. The number of pyridine rings is 1. The summed E-state index contributed by atoms with van der Waals surface area (Å²) in [6, 6.07) is 9.45. The summed E-state index contributed by atoms with van der Waals surface area (Å²) in [6.07, 6.45) is 1.78. The number of rotatable bonds is 2. The number of hydrogen-bond acceptors (Lipinski definition) is 3. The summed E-state index contributed by atoms with van der Waals surface area (Å²) in [6.45, 7) is 2.03. The van der Waals surface area contributed by atoms with E-state index in [4.69, 9.17) is 17.3 Å². The van der Waals surface area contributed by atoms with Crippen LogP contribution in [-0.2, 0) is 0 Å². The zero-order chi connectivity index (χ0) is 11.5. The maximum atomic E-state index is 6.10. The van der Waals surface area contributed by atoms with Gasteiger partial charge in [-0.15, -0.1) is 0 Å². The largest absolute Gasteiger partial charge is 0.399 e. The lowest BCUT2D eigenvalue weighted by atomic mass is 10.3. The molecule has 0 fully saturated rings. The molecule has 16 heavy (non-hydrogen) atoms. The monoisotopic (exact) mass is 250 g/mol. The number of hydrogen-bond donors (Lipinski definition) is 1. The Morgan fingerprint density at radius 2 is 2.12 bits per heavy atom. The first-order valence-corrected chi connectivity index (χ1v) is 6.01. The van der Waals surface area contributed by atoms with E-state index < -0.39 is 0 Å². The Bertz CT molecular complexity index is 514. The minimum Gasteiger partial charge on any atom is -0.399 e. The zero-order valence-electron chi connectivity index (χ0n) is 8.77. The van der Waals surface area contributed by atoms with Gasteiger partial charge in [-0.2, -0.15) is 0 Å². The summed E-state index contributed by atoms with van der Waals surface area (Å²) in [5, 5.41) is 1.63. The molecule has 2 rings (SSSR count). The number of nitrogen functional groups attached to an aromatic ring is 1. The van der Waals surface area contributed by atoms with Crippen LogP contribution >= 0.6 is 23.4 Å². The molecule has 1 aromatic carbocycles. The Balaban J connectivity index is 2.31. The topological polar surface area (TPSA) is 38.9 Å². The third-order valence-corrected chi connectivity index (χ3v) is 3.75. The van der Waals surface area contributed by atoms with E-state index in [9.17, 15) is 0 Å². The third kappa shape index (κ3) is 2.49. The van der Waals surface area contributed by atoms with E-state index in [1.807, 2.05) is 31.2 Å². The van der Waals surface area contributed by atoms with Gasteiger partial charge in [0.25, 0.3) is 0 Å². The van der Waals surface area contributed by atoms with Crippen LogP contribution in [0.1, 0.15) is 5.56 Å². The summed E-state index contributed by atoms with van der Waals surface area (Å²) < 4.78 is 0. The molecule has 0 saturated heterocycles. The van der Waals surface area contributed by atoms with Gasteiger partial charge >= 0.3 is 0 Å². The van der Waals surface area contributed by atoms with Gasteiger partial charge in [-0.3, -0.25) is 0 Å². The van der Waals surface area contributed by atoms with Crippen molar-refractivity contribution in [2.75, 3.05) is 5.73 Å². The van der Waals surface area contributed by atoms with E-state index in [-0.39, 0.29) is 0 Å². The fourth-order valence-corrected chi connectivity index (χ4v) is 2.43. The van der Waals surface area contributed by atoms with Gasteiger partial charge in [0, 0.05) is 16.8 Å². The molecule has 0 saturated carbocycles. The van der Waals surface area contributed by atoms with Crippen LogP contribution in [-0.4, -0.2) is 4.98 Å². The minimum absolute atomic E-state index is 0.662. The smallest absolute Gasteiger partial charge is 0.104 e. The molecule has 0 aliphatic heterocycles. The maximum absolute atomic E-state index is 6.10. The van der Waals surface area contributed by atoms with Crippen molar-refractivity contribution in [1.29, 1.82) is 0 Å². The Morgan fingerprint density at radius 3 is 2.81 bits per heavy atom. The van der Waals surface area contributed by atoms with E-state index in [2.05, 4.69) is 4.98 Å². The van der Waals surface area contributed by atoms with Crippen LogP contribution in [0.3, 0.4) is 0 Å². The highest BCUT2D eigenvalue weighted by Gasteiger charge is 2.05. The molecular formula is C12H11ClN2S. The van der Waals surface area contributed by atoms with Crippen molar-refractivity contribution in [2.24, 2.45) is 0 Å². The normalized spacial score (nSPS) is 10.4. The first kappa shape index (κ1) is 11.3. The molecule has 82 valence electrons. The van der Waals surface area contributed by atoms with Crippen LogP contribution in [0, 0.1) is 6.92 Å². The second-order valence-corrected chi connectivity index (χ2v) is 4.86. The predicted octanol–water partition coefficient (Wildman–Crippen LogP) is 3.78. The lowest BCUT2D eigenvalue weighted by Gasteiger charge is -2.06. The van der Waals surface area contributed by atoms with Crippen LogP contribution in [0.15, 0.2) is 46.5 Å². The fraction of sp³-hybridized carbons (Fsp3) is 0.0833. The van der Waals surface area contributed by atoms with Gasteiger partial charge in [-0.25, -0.2) is 4.98 Å². The van der Waals surface area contributed by atoms with Crippen LogP contribution in [0.5, 0.6) is 0 Å². The van der Waals surface area contributed by atoms with Crippen molar-refractivity contribution in [3.63, 3.8) is 0 Å². The SMILES string of the molecule is Cc1cccnc1Sc1ccc(N)cc1Cl. The van der Waals surface area contributed by atoms with Crippen LogP contribution in [0.25, 0.3) is 0 Å². The molecule has 0 amide bonds. The van der Waals surface area contributed by atoms with Gasteiger partial charge in [0.05, 0.1) is 5.02 Å². The average Bonchev–Trinajstić information content (AvgIpc) is 2.25. The average molecular weight is 251 g/mol. The molecule has 4 heteroatoms. The molecular weight excluding hydrogens is 240 g/mol. The number of aromatic nitrogens is 1. The Hall–Kier alpha value is -1.19. The fourth-order valence-electron chi connectivity index (χ4n) is 1.28. The summed E-state index contributed by atoms with van der Waals surface area (Å²) in [7, 11) is 0. The van der Waals surface area contributed by atoms with E-state index >= 15 is 0 Å². The van der Waals surface area contributed by atoms with Gasteiger partial charge in [0.2, 0.25) is 0 Å². The number of aryl methyl sites for hydroxylation is 1. The Kier molecular flexibility index (Phi) is 3.36. The summed E-state index contributed by atoms with van der Waals surface area (Å²) in [5.41, 5.74) is 7.45. The first-order chi connectivity index (χ1) is 7.66. The van der Waals surface area contributed by atoms with Crippen LogP contribution < -0.4 is 5.73 Å². The van der Waals surface area contributed by atoms with Gasteiger partial charge in [-0.1, -0.05) is 29.4 Å². The number of benzene rings is 1. The van der Waals surface area contributed by atoms with Gasteiger partial charge in [0.1, 0.15) is 5.03 Å². The maximum Gasteiger partial charge on any atom is 0.104 e. The number of nitrogens with two attached hydrogens (primary N) is 1.